The van der Waals surface area contributed by atoms with Crippen molar-refractivity contribution in [2.75, 3.05) is 51.0 Å². The van der Waals surface area contributed by atoms with Crippen LogP contribution in [0.4, 0.5) is 10.5 Å². The van der Waals surface area contributed by atoms with E-state index in [9.17, 15) is 9.59 Å². The number of alkyl carbamates (subject to hydrolysis) is 1. The summed E-state index contributed by atoms with van der Waals surface area (Å²) in [6, 6.07) is 13.4. The summed E-state index contributed by atoms with van der Waals surface area (Å²) in [6.07, 6.45) is 0.188. The topological polar surface area (TPSA) is 133 Å². The smallest absolute Gasteiger partial charge is 0.407 e. The van der Waals surface area contributed by atoms with E-state index >= 15 is 0 Å². The molecule has 0 radical (unpaired) electrons. The van der Waals surface area contributed by atoms with Gasteiger partial charge in [-0.05, 0) is 75.2 Å². The predicted molar refractivity (Wildman–Crippen MR) is 152 cm³/mol. The van der Waals surface area contributed by atoms with E-state index in [4.69, 9.17) is 33.5 Å². The van der Waals surface area contributed by atoms with Gasteiger partial charge < -0.3 is 38.7 Å². The summed E-state index contributed by atoms with van der Waals surface area (Å²) in [6.45, 7) is 8.83. The quantitative estimate of drug-likeness (QED) is 0.309. The third-order valence-corrected chi connectivity index (χ3v) is 6.38. The number of anilines is 1. The number of aryl methyl sites for hydroxylation is 1. The van der Waals surface area contributed by atoms with Crippen LogP contribution in [0.15, 0.2) is 46.9 Å². The van der Waals surface area contributed by atoms with E-state index in [2.05, 4.69) is 22.3 Å². The maximum absolute atomic E-state index is 11.8. The summed E-state index contributed by atoms with van der Waals surface area (Å²) in [4.78, 5) is 29.8. The van der Waals surface area contributed by atoms with E-state index < -0.39 is 18.7 Å². The van der Waals surface area contributed by atoms with E-state index in [-0.39, 0.29) is 12.6 Å². The number of ether oxygens (including phenoxy) is 4. The molecule has 11 nitrogen and oxygen atoms in total. The lowest BCUT2D eigenvalue weighted by molar-refractivity contribution is -0.139. The Bertz CT molecular complexity index is 1300. The molecule has 0 aliphatic carbocycles. The molecule has 0 bridgehead atoms. The van der Waals surface area contributed by atoms with Crippen molar-refractivity contribution in [3.05, 3.63) is 59.5 Å². The molecule has 1 saturated heterocycles. The molecule has 11 heteroatoms. The molecule has 220 valence electrons. The molecular weight excluding hydrogens is 530 g/mol. The lowest BCUT2D eigenvalue weighted by atomic mass is 10.1. The van der Waals surface area contributed by atoms with Crippen molar-refractivity contribution in [2.24, 2.45) is 0 Å². The highest BCUT2D eigenvalue weighted by Gasteiger charge is 2.15. The maximum atomic E-state index is 11.8. The molecule has 0 unspecified atom stereocenters. The second-order valence-electron chi connectivity index (χ2n) is 9.85. The Kier molecular flexibility index (Phi) is 10.4. The molecule has 3 aromatic rings. The minimum atomic E-state index is -1.08. The summed E-state index contributed by atoms with van der Waals surface area (Å²) in [5.74, 6) is 1.23. The molecule has 2 aromatic carbocycles. The SMILES string of the molecule is Cc1oc(-c2ccc(N3CCOCC3)cc2)nc1CCOc1ccc(OCC(=O)O)c(CCNC(=O)OC(C)C)c1. The molecule has 1 fully saturated rings. The highest BCUT2D eigenvalue weighted by Crippen LogP contribution is 2.27. The zero-order valence-electron chi connectivity index (χ0n) is 23.7. The Labute approximate surface area is 239 Å². The molecule has 4 rings (SSSR count). The van der Waals surface area contributed by atoms with Gasteiger partial charge in [0.05, 0.1) is 31.6 Å². The minimum Gasteiger partial charge on any atom is -0.493 e. The molecule has 0 spiro atoms. The predicted octanol–water partition coefficient (Wildman–Crippen LogP) is 4.25. The van der Waals surface area contributed by atoms with Crippen LogP contribution >= 0.6 is 0 Å². The number of carbonyl (C=O) groups is 2. The van der Waals surface area contributed by atoms with E-state index in [1.54, 1.807) is 32.0 Å². The number of oxazole rings is 1. The number of benzene rings is 2. The Balaban J connectivity index is 1.34. The first-order chi connectivity index (χ1) is 19.8. The number of amides is 1. The van der Waals surface area contributed by atoms with Crippen LogP contribution in [-0.4, -0.2) is 74.3 Å². The average Bonchev–Trinajstić information content (AvgIpc) is 3.32. The number of nitrogens with one attached hydrogen (secondary N) is 1. The highest BCUT2D eigenvalue weighted by atomic mass is 16.6. The van der Waals surface area contributed by atoms with Gasteiger partial charge in [-0.15, -0.1) is 0 Å². The molecule has 0 atom stereocenters. The van der Waals surface area contributed by atoms with Gasteiger partial charge in [0.1, 0.15) is 17.3 Å². The van der Waals surface area contributed by atoms with Crippen molar-refractivity contribution in [1.82, 2.24) is 10.3 Å². The zero-order chi connectivity index (χ0) is 29.2. The normalized spacial score (nSPS) is 13.2. The van der Waals surface area contributed by atoms with Crippen LogP contribution in [0, 0.1) is 6.92 Å². The number of hydrogen-bond donors (Lipinski definition) is 2. The standard InChI is InChI=1S/C30H37N3O8/c1-20(2)40-30(36)31-12-10-23-18-25(8-9-27(23)39-19-28(34)35)38-15-11-26-21(3)41-29(32-26)22-4-6-24(7-5-22)33-13-16-37-17-14-33/h4-9,18,20H,10-17,19H2,1-3H3,(H,31,36)(H,34,35). The van der Waals surface area contributed by atoms with Crippen LogP contribution in [0.1, 0.15) is 30.9 Å². The van der Waals surface area contributed by atoms with Gasteiger partial charge in [-0.2, -0.15) is 0 Å². The van der Waals surface area contributed by atoms with Crippen LogP contribution in [0.2, 0.25) is 0 Å². The number of rotatable bonds is 13. The van der Waals surface area contributed by atoms with E-state index in [0.717, 1.165) is 49.0 Å². The monoisotopic (exact) mass is 567 g/mol. The summed E-state index contributed by atoms with van der Waals surface area (Å²) in [5.41, 5.74) is 3.57. The van der Waals surface area contributed by atoms with Gasteiger partial charge in [0.25, 0.3) is 0 Å². The third kappa shape index (κ3) is 8.87. The van der Waals surface area contributed by atoms with Crippen LogP contribution in [-0.2, 0) is 27.1 Å². The number of carboxylic acid groups (broad SMARTS) is 1. The second-order valence-corrected chi connectivity index (χ2v) is 9.85. The number of carboxylic acids is 1. The van der Waals surface area contributed by atoms with Crippen molar-refractivity contribution in [3.8, 4) is 23.0 Å². The Morgan fingerprint density at radius 1 is 1.07 bits per heavy atom. The van der Waals surface area contributed by atoms with Gasteiger partial charge in [-0.3, -0.25) is 0 Å². The highest BCUT2D eigenvalue weighted by molar-refractivity contribution is 5.68. The number of nitrogens with zero attached hydrogens (tertiary/aromatic N) is 2. The largest absolute Gasteiger partial charge is 0.493 e. The van der Waals surface area contributed by atoms with Crippen molar-refractivity contribution in [3.63, 3.8) is 0 Å². The third-order valence-electron chi connectivity index (χ3n) is 6.38. The van der Waals surface area contributed by atoms with Crippen LogP contribution in [0.3, 0.4) is 0 Å². The van der Waals surface area contributed by atoms with Crippen molar-refractivity contribution in [1.29, 1.82) is 0 Å². The van der Waals surface area contributed by atoms with E-state index in [0.29, 0.717) is 42.4 Å². The first-order valence-corrected chi connectivity index (χ1v) is 13.7. The Hall–Kier alpha value is -4.25. The minimum absolute atomic E-state index is 0.230. The molecule has 2 heterocycles. The summed E-state index contributed by atoms with van der Waals surface area (Å²) < 4.78 is 27.9. The van der Waals surface area contributed by atoms with Crippen LogP contribution in [0.5, 0.6) is 11.5 Å². The number of aliphatic carboxylic acids is 1. The molecule has 1 amide bonds. The molecule has 0 saturated carbocycles. The Morgan fingerprint density at radius 2 is 1.83 bits per heavy atom. The van der Waals surface area contributed by atoms with Gasteiger partial charge in [-0.1, -0.05) is 0 Å². The fraction of sp³-hybridized carbons (Fsp3) is 0.433. The first kappa shape index (κ1) is 29.7. The number of carbonyl (C=O) groups excluding carboxylic acids is 1. The molecule has 1 aliphatic rings. The van der Waals surface area contributed by atoms with Gasteiger partial charge in [-0.25, -0.2) is 14.6 Å². The molecule has 2 N–H and O–H groups in total. The number of morpholine rings is 1. The number of aromatic nitrogens is 1. The second kappa shape index (κ2) is 14.4. The fourth-order valence-electron chi connectivity index (χ4n) is 4.36. The van der Waals surface area contributed by atoms with Crippen molar-refractivity contribution >= 4 is 17.7 Å². The first-order valence-electron chi connectivity index (χ1n) is 13.7. The van der Waals surface area contributed by atoms with E-state index in [1.807, 2.05) is 19.1 Å². The lowest BCUT2D eigenvalue weighted by Crippen LogP contribution is -2.36. The summed E-state index contributed by atoms with van der Waals surface area (Å²) in [5, 5.41) is 11.7. The van der Waals surface area contributed by atoms with Crippen LogP contribution in [0.25, 0.3) is 11.5 Å². The average molecular weight is 568 g/mol. The van der Waals surface area contributed by atoms with Gasteiger partial charge in [0, 0.05) is 37.3 Å². The maximum Gasteiger partial charge on any atom is 0.407 e. The lowest BCUT2D eigenvalue weighted by Gasteiger charge is -2.28. The van der Waals surface area contributed by atoms with Gasteiger partial charge in [0.15, 0.2) is 6.61 Å². The molecular formula is C30H37N3O8. The molecule has 41 heavy (non-hydrogen) atoms. The van der Waals surface area contributed by atoms with Crippen molar-refractivity contribution in [2.45, 2.75) is 39.7 Å². The van der Waals surface area contributed by atoms with Gasteiger partial charge in [0.2, 0.25) is 5.89 Å². The van der Waals surface area contributed by atoms with E-state index in [1.165, 1.54) is 0 Å². The van der Waals surface area contributed by atoms with Crippen LogP contribution < -0.4 is 19.7 Å². The van der Waals surface area contributed by atoms with Gasteiger partial charge >= 0.3 is 12.1 Å². The number of hydrogen-bond acceptors (Lipinski definition) is 9. The Morgan fingerprint density at radius 3 is 2.54 bits per heavy atom. The van der Waals surface area contributed by atoms with Crippen molar-refractivity contribution < 1.29 is 38.1 Å². The zero-order valence-corrected chi connectivity index (χ0v) is 23.7. The summed E-state index contributed by atoms with van der Waals surface area (Å²) >= 11 is 0. The molecule has 1 aliphatic heterocycles. The summed E-state index contributed by atoms with van der Waals surface area (Å²) in [7, 11) is 0. The fourth-order valence-corrected chi connectivity index (χ4v) is 4.36. The molecule has 1 aromatic heterocycles.